The lowest BCUT2D eigenvalue weighted by Gasteiger charge is -2.31. The molecule has 0 spiro atoms. The number of nitrogens with zero attached hydrogens (tertiary/aromatic N) is 1. The molecule has 0 amide bonds. The van der Waals surface area contributed by atoms with E-state index in [1.807, 2.05) is 0 Å². The minimum absolute atomic E-state index is 0.635. The van der Waals surface area contributed by atoms with E-state index in [0.29, 0.717) is 6.04 Å². The minimum atomic E-state index is 0.635. The first-order chi connectivity index (χ1) is 7.63. The van der Waals surface area contributed by atoms with E-state index in [1.54, 1.807) is 7.11 Å². The molecule has 1 atom stereocenters. The van der Waals surface area contributed by atoms with E-state index in [4.69, 9.17) is 4.74 Å². The highest BCUT2D eigenvalue weighted by Crippen LogP contribution is 2.35. The highest BCUT2D eigenvalue weighted by molar-refractivity contribution is 9.10. The molecule has 1 aliphatic rings. The van der Waals surface area contributed by atoms with Gasteiger partial charge in [0.05, 0.1) is 7.11 Å². The normalized spacial score (nSPS) is 19.7. The Morgan fingerprint density at radius 1 is 1.31 bits per heavy atom. The third-order valence-corrected chi connectivity index (χ3v) is 4.19. The number of ether oxygens (including phenoxy) is 1. The number of rotatable bonds is 2. The summed E-state index contributed by atoms with van der Waals surface area (Å²) in [4.78, 5) is 2.31. The third kappa shape index (κ3) is 2.11. The van der Waals surface area contributed by atoms with Crippen LogP contribution in [0.2, 0.25) is 0 Å². The molecule has 0 heterocycles. The van der Waals surface area contributed by atoms with Crippen LogP contribution in [0.25, 0.3) is 0 Å². The molecule has 88 valence electrons. The van der Waals surface area contributed by atoms with E-state index < -0.39 is 0 Å². The molecule has 1 aliphatic carbocycles. The Kier molecular flexibility index (Phi) is 3.55. The fraction of sp³-hybridized carbons (Fsp3) is 0.538. The van der Waals surface area contributed by atoms with Gasteiger partial charge >= 0.3 is 0 Å². The van der Waals surface area contributed by atoms with Crippen LogP contribution in [0.3, 0.4) is 0 Å². The van der Waals surface area contributed by atoms with Crippen LogP contribution in [-0.4, -0.2) is 32.1 Å². The number of hydrogen-bond donors (Lipinski definition) is 0. The zero-order chi connectivity index (χ0) is 11.7. The average molecular weight is 284 g/mol. The number of halogens is 1. The van der Waals surface area contributed by atoms with Gasteiger partial charge in [-0.15, -0.1) is 0 Å². The van der Waals surface area contributed by atoms with Crippen molar-refractivity contribution in [1.82, 2.24) is 4.90 Å². The summed E-state index contributed by atoms with van der Waals surface area (Å²) in [6.07, 6.45) is 3.45. The van der Waals surface area contributed by atoms with Gasteiger partial charge in [-0.25, -0.2) is 0 Å². The number of methoxy groups -OCH3 is 1. The first kappa shape index (κ1) is 11.9. The monoisotopic (exact) mass is 283 g/mol. The summed E-state index contributed by atoms with van der Waals surface area (Å²) in [5.41, 5.74) is 2.80. The Morgan fingerprint density at radius 2 is 2.06 bits per heavy atom. The number of benzene rings is 1. The maximum atomic E-state index is 5.46. The van der Waals surface area contributed by atoms with E-state index in [1.165, 1.54) is 22.0 Å². The molecule has 0 aromatic heterocycles. The van der Waals surface area contributed by atoms with Gasteiger partial charge in [0.2, 0.25) is 0 Å². The van der Waals surface area contributed by atoms with Crippen molar-refractivity contribution in [1.29, 1.82) is 0 Å². The molecule has 3 heteroatoms. The van der Waals surface area contributed by atoms with Crippen LogP contribution >= 0.6 is 15.9 Å². The van der Waals surface area contributed by atoms with Gasteiger partial charge in [0.25, 0.3) is 0 Å². The van der Waals surface area contributed by atoms with Crippen molar-refractivity contribution in [2.45, 2.75) is 25.3 Å². The van der Waals surface area contributed by atoms with Crippen LogP contribution < -0.4 is 4.74 Å². The SMILES string of the molecule is COc1ccc(Br)c2c1CC(N(C)C)CC2. The lowest BCUT2D eigenvalue weighted by molar-refractivity contribution is 0.264. The maximum absolute atomic E-state index is 5.46. The first-order valence-corrected chi connectivity index (χ1v) is 6.43. The van der Waals surface area contributed by atoms with Gasteiger partial charge in [0.15, 0.2) is 0 Å². The zero-order valence-corrected chi connectivity index (χ0v) is 11.7. The van der Waals surface area contributed by atoms with Gasteiger partial charge in [0.1, 0.15) is 5.75 Å². The summed E-state index contributed by atoms with van der Waals surface area (Å²) in [5, 5.41) is 0. The standard InChI is InChI=1S/C13H18BrNO/c1-15(2)9-4-5-10-11(8-9)13(16-3)7-6-12(10)14/h6-7,9H,4-5,8H2,1-3H3. The lowest BCUT2D eigenvalue weighted by Crippen LogP contribution is -2.33. The Hall–Kier alpha value is -0.540. The Morgan fingerprint density at radius 3 is 2.69 bits per heavy atom. The van der Waals surface area contributed by atoms with Gasteiger partial charge in [-0.2, -0.15) is 0 Å². The van der Waals surface area contributed by atoms with E-state index in [-0.39, 0.29) is 0 Å². The summed E-state index contributed by atoms with van der Waals surface area (Å²) in [7, 11) is 6.06. The molecule has 16 heavy (non-hydrogen) atoms. The highest BCUT2D eigenvalue weighted by atomic mass is 79.9. The molecule has 0 bridgehead atoms. The molecule has 0 fully saturated rings. The molecule has 0 aliphatic heterocycles. The fourth-order valence-corrected chi connectivity index (χ4v) is 2.99. The Labute approximate surface area is 106 Å². The molecule has 1 aromatic rings. The predicted molar refractivity (Wildman–Crippen MR) is 70.2 cm³/mol. The van der Waals surface area contributed by atoms with Gasteiger partial charge < -0.3 is 9.64 Å². The van der Waals surface area contributed by atoms with Gasteiger partial charge in [-0.05, 0) is 56.6 Å². The van der Waals surface area contributed by atoms with Crippen LogP contribution in [0.5, 0.6) is 5.75 Å². The van der Waals surface area contributed by atoms with Crippen molar-refractivity contribution in [3.8, 4) is 5.75 Å². The van der Waals surface area contributed by atoms with Crippen LogP contribution in [0, 0.1) is 0 Å². The number of fused-ring (bicyclic) bond motifs is 1. The summed E-state index contributed by atoms with van der Waals surface area (Å²) in [6, 6.07) is 4.78. The van der Waals surface area contributed by atoms with Crippen molar-refractivity contribution in [3.63, 3.8) is 0 Å². The second kappa shape index (κ2) is 4.76. The zero-order valence-electron chi connectivity index (χ0n) is 10.1. The van der Waals surface area contributed by atoms with Crippen LogP contribution in [0.15, 0.2) is 16.6 Å². The maximum Gasteiger partial charge on any atom is 0.122 e. The molecule has 0 N–H and O–H groups in total. The molecule has 0 saturated carbocycles. The summed E-state index contributed by atoms with van der Waals surface area (Å²) in [5.74, 6) is 1.03. The molecule has 1 unspecified atom stereocenters. The van der Waals surface area contributed by atoms with E-state index in [2.05, 4.69) is 47.1 Å². The van der Waals surface area contributed by atoms with E-state index in [9.17, 15) is 0 Å². The van der Waals surface area contributed by atoms with Crippen molar-refractivity contribution in [2.24, 2.45) is 0 Å². The summed E-state index contributed by atoms with van der Waals surface area (Å²) < 4.78 is 6.68. The quantitative estimate of drug-likeness (QED) is 0.828. The Balaban J connectivity index is 2.38. The van der Waals surface area contributed by atoms with Crippen LogP contribution in [0.1, 0.15) is 17.5 Å². The molecule has 2 rings (SSSR count). The third-order valence-electron chi connectivity index (χ3n) is 3.45. The minimum Gasteiger partial charge on any atom is -0.496 e. The second-order valence-corrected chi connectivity index (χ2v) is 5.42. The summed E-state index contributed by atoms with van der Waals surface area (Å²) >= 11 is 3.63. The van der Waals surface area contributed by atoms with Gasteiger partial charge in [-0.3, -0.25) is 0 Å². The predicted octanol–water partition coefficient (Wildman–Crippen LogP) is 2.88. The molecule has 2 nitrogen and oxygen atoms in total. The van der Waals surface area contributed by atoms with Gasteiger partial charge in [-0.1, -0.05) is 15.9 Å². The topological polar surface area (TPSA) is 12.5 Å². The highest BCUT2D eigenvalue weighted by Gasteiger charge is 2.24. The second-order valence-electron chi connectivity index (χ2n) is 4.57. The number of hydrogen-bond acceptors (Lipinski definition) is 2. The Bertz CT molecular complexity index is 390. The number of likely N-dealkylation sites (N-methyl/N-ethyl adjacent to an activating group) is 1. The average Bonchev–Trinajstić information content (AvgIpc) is 2.29. The largest absolute Gasteiger partial charge is 0.496 e. The van der Waals surface area contributed by atoms with Gasteiger partial charge in [0, 0.05) is 10.5 Å². The van der Waals surface area contributed by atoms with Crippen LogP contribution in [-0.2, 0) is 12.8 Å². The van der Waals surface area contributed by atoms with E-state index >= 15 is 0 Å². The van der Waals surface area contributed by atoms with Crippen molar-refractivity contribution in [2.75, 3.05) is 21.2 Å². The molecule has 1 aromatic carbocycles. The van der Waals surface area contributed by atoms with Crippen molar-refractivity contribution < 1.29 is 4.74 Å². The molecular weight excluding hydrogens is 266 g/mol. The first-order valence-electron chi connectivity index (χ1n) is 5.64. The summed E-state index contributed by atoms with van der Waals surface area (Å²) in [6.45, 7) is 0. The van der Waals surface area contributed by atoms with Crippen molar-refractivity contribution >= 4 is 15.9 Å². The molecular formula is C13H18BrNO. The van der Waals surface area contributed by atoms with Crippen LogP contribution in [0.4, 0.5) is 0 Å². The van der Waals surface area contributed by atoms with E-state index in [0.717, 1.165) is 18.6 Å². The smallest absolute Gasteiger partial charge is 0.122 e. The lowest BCUT2D eigenvalue weighted by atomic mass is 9.87. The van der Waals surface area contributed by atoms with Crippen molar-refractivity contribution in [3.05, 3.63) is 27.7 Å². The molecule has 0 radical (unpaired) electrons. The fourth-order valence-electron chi connectivity index (χ4n) is 2.42. The molecule has 0 saturated heterocycles.